The molecule has 1 amide bonds. The maximum Gasteiger partial charge on any atom is 0.355 e. The Labute approximate surface area is 189 Å². The Morgan fingerprint density at radius 3 is 2.50 bits per heavy atom. The van der Waals surface area contributed by atoms with Gasteiger partial charge in [0.05, 0.1) is 13.2 Å². The van der Waals surface area contributed by atoms with E-state index < -0.39 is 5.97 Å². The third-order valence-corrected chi connectivity index (χ3v) is 6.28. The average Bonchev–Trinajstić information content (AvgIpc) is 3.39. The van der Waals surface area contributed by atoms with E-state index in [1.807, 2.05) is 30.5 Å². The molecule has 1 saturated carbocycles. The van der Waals surface area contributed by atoms with Gasteiger partial charge in [0.15, 0.2) is 5.78 Å². The quantitative estimate of drug-likeness (QED) is 0.434. The number of ketones is 1. The molecule has 0 radical (unpaired) electrons. The van der Waals surface area contributed by atoms with Crippen LogP contribution in [0.5, 0.6) is 0 Å². The van der Waals surface area contributed by atoms with Gasteiger partial charge < -0.3 is 14.2 Å². The maximum absolute atomic E-state index is 13.5. The van der Waals surface area contributed by atoms with Crippen LogP contribution < -0.4 is 0 Å². The topological polar surface area (TPSA) is 81.5 Å². The van der Waals surface area contributed by atoms with Crippen LogP contribution in [0.3, 0.4) is 0 Å². The van der Waals surface area contributed by atoms with Crippen molar-refractivity contribution >= 4 is 17.7 Å². The fourth-order valence-electron chi connectivity index (χ4n) is 4.77. The largest absolute Gasteiger partial charge is 0.461 e. The molecule has 32 heavy (non-hydrogen) atoms. The van der Waals surface area contributed by atoms with E-state index >= 15 is 0 Å². The van der Waals surface area contributed by atoms with Gasteiger partial charge in [-0.1, -0.05) is 18.9 Å². The van der Waals surface area contributed by atoms with Crippen LogP contribution in [0.15, 0.2) is 24.5 Å². The van der Waals surface area contributed by atoms with Gasteiger partial charge in [-0.05, 0) is 57.7 Å². The lowest BCUT2D eigenvalue weighted by Crippen LogP contribution is -2.39. The Kier molecular flexibility index (Phi) is 7.83. The summed E-state index contributed by atoms with van der Waals surface area (Å²) in [4.78, 5) is 45.1. The van der Waals surface area contributed by atoms with E-state index in [4.69, 9.17) is 4.74 Å². The van der Waals surface area contributed by atoms with Crippen LogP contribution in [-0.2, 0) is 22.6 Å². The molecule has 0 bridgehead atoms. The van der Waals surface area contributed by atoms with Crippen LogP contribution in [0, 0.1) is 19.8 Å². The Bertz CT molecular complexity index is 975. The van der Waals surface area contributed by atoms with E-state index in [-0.39, 0.29) is 30.8 Å². The number of amides is 1. The minimum atomic E-state index is -0.428. The molecule has 172 valence electrons. The van der Waals surface area contributed by atoms with Gasteiger partial charge in [0, 0.05) is 42.7 Å². The monoisotopic (exact) mass is 439 g/mol. The number of hydrogen-bond acceptors (Lipinski definition) is 5. The lowest BCUT2D eigenvalue weighted by molar-refractivity contribution is -0.135. The van der Waals surface area contributed by atoms with Crippen molar-refractivity contribution in [2.75, 3.05) is 13.2 Å². The van der Waals surface area contributed by atoms with Gasteiger partial charge in [-0.3, -0.25) is 14.6 Å². The number of hydrogen-bond donors (Lipinski definition) is 0. The van der Waals surface area contributed by atoms with Crippen LogP contribution in [0.2, 0.25) is 0 Å². The Balaban J connectivity index is 1.91. The molecule has 2 aromatic rings. The van der Waals surface area contributed by atoms with Crippen molar-refractivity contribution in [1.29, 1.82) is 0 Å². The summed E-state index contributed by atoms with van der Waals surface area (Å²) in [5.41, 5.74) is 3.15. The first kappa shape index (κ1) is 23.7. The molecule has 0 aliphatic heterocycles. The number of ether oxygens (including phenoxy) is 1. The summed E-state index contributed by atoms with van der Waals surface area (Å²) in [6.45, 7) is 8.45. The summed E-state index contributed by atoms with van der Waals surface area (Å²) in [6, 6.07) is 3.74. The molecule has 7 heteroatoms. The van der Waals surface area contributed by atoms with Crippen molar-refractivity contribution in [3.63, 3.8) is 0 Å². The van der Waals surface area contributed by atoms with Crippen LogP contribution in [0.4, 0.5) is 0 Å². The summed E-state index contributed by atoms with van der Waals surface area (Å²) >= 11 is 0. The minimum absolute atomic E-state index is 0.0237. The highest BCUT2D eigenvalue weighted by atomic mass is 16.5. The Hall–Kier alpha value is -2.96. The van der Waals surface area contributed by atoms with Gasteiger partial charge in [0.1, 0.15) is 5.69 Å². The summed E-state index contributed by atoms with van der Waals surface area (Å²) in [5, 5.41) is 0. The van der Waals surface area contributed by atoms with Crippen molar-refractivity contribution in [2.45, 2.75) is 66.5 Å². The molecule has 1 fully saturated rings. The third kappa shape index (κ3) is 4.92. The standard InChI is InChI=1S/C25H33N3O4/c1-5-28-18(4)22(17(3)23(28)25(31)32-6-2)21(29)16-27(15-19-10-9-13-26-14-19)24(30)20-11-7-8-12-20/h9-10,13-14,20H,5-8,11-12,15-16H2,1-4H3. The number of carbonyl (C=O) groups excluding carboxylic acids is 3. The van der Waals surface area contributed by atoms with E-state index in [2.05, 4.69) is 4.98 Å². The van der Waals surface area contributed by atoms with Crippen molar-refractivity contribution in [3.8, 4) is 0 Å². The van der Waals surface area contributed by atoms with Gasteiger partial charge in [0.25, 0.3) is 0 Å². The number of esters is 1. The summed E-state index contributed by atoms with van der Waals surface area (Å²) < 4.78 is 7.05. The zero-order valence-electron chi connectivity index (χ0n) is 19.5. The summed E-state index contributed by atoms with van der Waals surface area (Å²) in [6.07, 6.45) is 7.25. The number of rotatable bonds is 9. The van der Waals surface area contributed by atoms with Gasteiger partial charge in [-0.15, -0.1) is 0 Å². The highest BCUT2D eigenvalue weighted by Crippen LogP contribution is 2.28. The van der Waals surface area contributed by atoms with E-state index in [0.717, 1.165) is 36.9 Å². The maximum atomic E-state index is 13.5. The second-order valence-corrected chi connectivity index (χ2v) is 8.36. The molecule has 2 heterocycles. The molecule has 0 N–H and O–H groups in total. The number of pyridine rings is 1. The van der Waals surface area contributed by atoms with Crippen LogP contribution in [-0.4, -0.2) is 45.3 Å². The Morgan fingerprint density at radius 2 is 1.91 bits per heavy atom. The minimum Gasteiger partial charge on any atom is -0.461 e. The van der Waals surface area contributed by atoms with Gasteiger partial charge in [-0.25, -0.2) is 4.79 Å². The molecule has 1 aliphatic rings. The highest BCUT2D eigenvalue weighted by Gasteiger charge is 2.31. The highest BCUT2D eigenvalue weighted by molar-refractivity contribution is 6.04. The predicted octanol–water partition coefficient (Wildman–Crippen LogP) is 4.10. The molecule has 0 saturated heterocycles. The first-order valence-electron chi connectivity index (χ1n) is 11.5. The van der Waals surface area contributed by atoms with Crippen LogP contribution in [0.1, 0.15) is 77.2 Å². The first-order valence-corrected chi connectivity index (χ1v) is 11.5. The molecule has 0 unspecified atom stereocenters. The molecule has 2 aromatic heterocycles. The number of aromatic nitrogens is 2. The zero-order chi connectivity index (χ0) is 23.3. The smallest absolute Gasteiger partial charge is 0.355 e. The fraction of sp³-hybridized carbons (Fsp3) is 0.520. The van der Waals surface area contributed by atoms with Gasteiger partial charge in [-0.2, -0.15) is 0 Å². The van der Waals surface area contributed by atoms with Crippen molar-refractivity contribution in [1.82, 2.24) is 14.5 Å². The Morgan fingerprint density at radius 1 is 1.19 bits per heavy atom. The van der Waals surface area contributed by atoms with Crippen molar-refractivity contribution < 1.29 is 19.1 Å². The molecular weight excluding hydrogens is 406 g/mol. The second kappa shape index (κ2) is 10.6. The van der Waals surface area contributed by atoms with Crippen molar-refractivity contribution in [3.05, 3.63) is 52.6 Å². The van der Waals surface area contributed by atoms with Gasteiger partial charge in [0.2, 0.25) is 5.91 Å². The third-order valence-electron chi connectivity index (χ3n) is 6.28. The van der Waals surface area contributed by atoms with E-state index in [0.29, 0.717) is 29.9 Å². The summed E-state index contributed by atoms with van der Waals surface area (Å²) in [5.74, 6) is -0.594. The summed E-state index contributed by atoms with van der Waals surface area (Å²) in [7, 11) is 0. The van der Waals surface area contributed by atoms with E-state index in [1.54, 1.807) is 31.1 Å². The number of carbonyl (C=O) groups is 3. The fourth-order valence-corrected chi connectivity index (χ4v) is 4.77. The zero-order valence-corrected chi connectivity index (χ0v) is 19.5. The SMILES string of the molecule is CCOC(=O)c1c(C)c(C(=O)CN(Cc2cccnc2)C(=O)C2CCCC2)c(C)n1CC. The predicted molar refractivity (Wildman–Crippen MR) is 121 cm³/mol. The normalized spacial score (nSPS) is 13.9. The van der Waals surface area contributed by atoms with Gasteiger partial charge >= 0.3 is 5.97 Å². The van der Waals surface area contributed by atoms with Crippen molar-refractivity contribution in [2.24, 2.45) is 5.92 Å². The molecule has 7 nitrogen and oxygen atoms in total. The van der Waals surface area contributed by atoms with Crippen LogP contribution >= 0.6 is 0 Å². The average molecular weight is 440 g/mol. The lowest BCUT2D eigenvalue weighted by Gasteiger charge is -2.25. The second-order valence-electron chi connectivity index (χ2n) is 8.36. The van der Waals surface area contributed by atoms with E-state index in [9.17, 15) is 14.4 Å². The van der Waals surface area contributed by atoms with E-state index in [1.165, 1.54) is 0 Å². The number of Topliss-reactive ketones (excluding diaryl/α,β-unsaturated/α-hetero) is 1. The number of nitrogens with zero attached hydrogens (tertiary/aromatic N) is 3. The molecular formula is C25H33N3O4. The van der Waals surface area contributed by atoms with Crippen LogP contribution in [0.25, 0.3) is 0 Å². The molecule has 0 spiro atoms. The molecule has 3 rings (SSSR count). The molecule has 0 aromatic carbocycles. The lowest BCUT2D eigenvalue weighted by atomic mass is 10.0. The molecule has 0 atom stereocenters. The molecule has 1 aliphatic carbocycles. The first-order chi connectivity index (χ1) is 15.4.